The Morgan fingerprint density at radius 1 is 1.32 bits per heavy atom. The van der Waals surface area contributed by atoms with Gasteiger partial charge in [-0.2, -0.15) is 0 Å². The molecule has 1 unspecified atom stereocenters. The molecule has 0 radical (unpaired) electrons. The van der Waals surface area contributed by atoms with E-state index in [4.69, 9.17) is 5.11 Å². The van der Waals surface area contributed by atoms with Crippen LogP contribution in [-0.2, 0) is 9.59 Å². The van der Waals surface area contributed by atoms with Gasteiger partial charge >= 0.3 is 0 Å². The van der Waals surface area contributed by atoms with Gasteiger partial charge in [-0.3, -0.25) is 9.59 Å². The first-order valence-electron chi connectivity index (χ1n) is 7.40. The van der Waals surface area contributed by atoms with Crippen LogP contribution >= 0.6 is 0 Å². The maximum absolute atomic E-state index is 12.0. The number of hydrogen-bond donors (Lipinski definition) is 2. The molecule has 0 aromatic carbocycles. The van der Waals surface area contributed by atoms with Gasteiger partial charge in [-0.1, -0.05) is 12.8 Å². The molecule has 2 rings (SSSR count). The third kappa shape index (κ3) is 3.69. The van der Waals surface area contributed by atoms with E-state index in [1.807, 2.05) is 4.90 Å². The quantitative estimate of drug-likeness (QED) is 0.696. The summed E-state index contributed by atoms with van der Waals surface area (Å²) in [4.78, 5) is 25.8. The molecule has 5 heteroatoms. The van der Waals surface area contributed by atoms with Crippen LogP contribution in [0.15, 0.2) is 0 Å². The number of aliphatic hydroxyl groups is 1. The van der Waals surface area contributed by atoms with Gasteiger partial charge in [0, 0.05) is 32.2 Å². The number of carbonyl (C=O) groups is 2. The van der Waals surface area contributed by atoms with Crippen molar-refractivity contribution in [3.05, 3.63) is 0 Å². The fourth-order valence-electron chi connectivity index (χ4n) is 3.07. The van der Waals surface area contributed by atoms with E-state index in [1.165, 1.54) is 12.8 Å². The van der Waals surface area contributed by atoms with Crippen molar-refractivity contribution in [3.63, 3.8) is 0 Å². The zero-order valence-electron chi connectivity index (χ0n) is 11.4. The van der Waals surface area contributed by atoms with Gasteiger partial charge in [0.2, 0.25) is 11.8 Å². The van der Waals surface area contributed by atoms with Gasteiger partial charge in [0.1, 0.15) is 0 Å². The molecule has 1 aliphatic carbocycles. The van der Waals surface area contributed by atoms with Crippen molar-refractivity contribution in [1.82, 2.24) is 10.2 Å². The average Bonchev–Trinajstić information content (AvgIpc) is 3.03. The molecule has 2 aliphatic rings. The van der Waals surface area contributed by atoms with Crippen molar-refractivity contribution in [2.75, 3.05) is 19.7 Å². The van der Waals surface area contributed by atoms with E-state index in [1.54, 1.807) is 0 Å². The second kappa shape index (κ2) is 6.89. The Morgan fingerprint density at radius 3 is 2.74 bits per heavy atom. The van der Waals surface area contributed by atoms with E-state index in [2.05, 4.69) is 5.32 Å². The van der Waals surface area contributed by atoms with Crippen LogP contribution in [0, 0.1) is 5.92 Å². The fraction of sp³-hybridized carbons (Fsp3) is 0.857. The molecular weight excluding hydrogens is 244 g/mol. The molecular formula is C14H24N2O3. The summed E-state index contributed by atoms with van der Waals surface area (Å²) in [6, 6.07) is 0.375. The van der Waals surface area contributed by atoms with Crippen LogP contribution in [-0.4, -0.2) is 47.6 Å². The summed E-state index contributed by atoms with van der Waals surface area (Å²) < 4.78 is 0. The second-order valence-corrected chi connectivity index (χ2v) is 5.61. The van der Waals surface area contributed by atoms with Crippen LogP contribution in [0.5, 0.6) is 0 Å². The van der Waals surface area contributed by atoms with Crippen LogP contribution in [0.3, 0.4) is 0 Å². The highest BCUT2D eigenvalue weighted by Crippen LogP contribution is 2.29. The number of likely N-dealkylation sites (tertiary alicyclic amines) is 1. The lowest BCUT2D eigenvalue weighted by Gasteiger charge is -2.23. The Hall–Kier alpha value is -1.10. The van der Waals surface area contributed by atoms with Crippen molar-refractivity contribution in [2.45, 2.75) is 51.0 Å². The lowest BCUT2D eigenvalue weighted by atomic mass is 10.1. The Bertz CT molecular complexity index is 327. The van der Waals surface area contributed by atoms with Crippen LogP contribution in [0.25, 0.3) is 0 Å². The monoisotopic (exact) mass is 268 g/mol. The number of unbranched alkanes of at least 4 members (excludes halogenated alkanes) is 1. The first-order valence-corrected chi connectivity index (χ1v) is 7.40. The van der Waals surface area contributed by atoms with Crippen LogP contribution in [0.1, 0.15) is 44.9 Å². The van der Waals surface area contributed by atoms with Crippen LogP contribution in [0.2, 0.25) is 0 Å². The smallest absolute Gasteiger partial charge is 0.225 e. The maximum Gasteiger partial charge on any atom is 0.225 e. The third-order valence-corrected chi connectivity index (χ3v) is 4.18. The van der Waals surface area contributed by atoms with E-state index in [0.717, 1.165) is 19.3 Å². The minimum Gasteiger partial charge on any atom is -0.396 e. The van der Waals surface area contributed by atoms with Crippen molar-refractivity contribution in [1.29, 1.82) is 0 Å². The SMILES string of the molecule is O=C(NCCCCO)C1CC(=O)N(C2CCCC2)C1. The summed E-state index contributed by atoms with van der Waals surface area (Å²) >= 11 is 0. The Balaban J connectivity index is 1.76. The molecule has 0 spiro atoms. The molecule has 2 amide bonds. The lowest BCUT2D eigenvalue weighted by Crippen LogP contribution is -2.37. The number of aliphatic hydroxyl groups excluding tert-OH is 1. The molecule has 0 bridgehead atoms. The molecule has 5 nitrogen and oxygen atoms in total. The van der Waals surface area contributed by atoms with E-state index in [-0.39, 0.29) is 24.3 Å². The van der Waals surface area contributed by atoms with E-state index in [0.29, 0.717) is 32.0 Å². The largest absolute Gasteiger partial charge is 0.396 e. The van der Waals surface area contributed by atoms with Gasteiger partial charge in [-0.25, -0.2) is 0 Å². The Morgan fingerprint density at radius 2 is 2.05 bits per heavy atom. The zero-order valence-corrected chi connectivity index (χ0v) is 11.4. The van der Waals surface area contributed by atoms with Crippen molar-refractivity contribution >= 4 is 11.8 Å². The summed E-state index contributed by atoms with van der Waals surface area (Å²) in [5.74, 6) is -0.0450. The summed E-state index contributed by atoms with van der Waals surface area (Å²) in [5.41, 5.74) is 0. The van der Waals surface area contributed by atoms with Crippen molar-refractivity contribution in [2.24, 2.45) is 5.92 Å². The predicted octanol–water partition coefficient (Wildman–Crippen LogP) is 0.666. The zero-order chi connectivity index (χ0) is 13.7. The Labute approximate surface area is 114 Å². The predicted molar refractivity (Wildman–Crippen MR) is 71.4 cm³/mol. The highest BCUT2D eigenvalue weighted by molar-refractivity contribution is 5.89. The van der Waals surface area contributed by atoms with Crippen LogP contribution < -0.4 is 5.32 Å². The molecule has 1 aliphatic heterocycles. The number of nitrogens with one attached hydrogen (secondary N) is 1. The average molecular weight is 268 g/mol. The number of rotatable bonds is 6. The molecule has 0 aromatic heterocycles. The summed E-state index contributed by atoms with van der Waals surface area (Å²) in [6.45, 7) is 1.34. The van der Waals surface area contributed by atoms with Gasteiger partial charge < -0.3 is 15.3 Å². The fourth-order valence-corrected chi connectivity index (χ4v) is 3.07. The van der Waals surface area contributed by atoms with Gasteiger partial charge in [0.05, 0.1) is 5.92 Å². The first-order chi connectivity index (χ1) is 9.22. The third-order valence-electron chi connectivity index (χ3n) is 4.18. The van der Waals surface area contributed by atoms with E-state index in [9.17, 15) is 9.59 Å². The first kappa shape index (κ1) is 14.3. The van der Waals surface area contributed by atoms with Crippen molar-refractivity contribution in [3.8, 4) is 0 Å². The summed E-state index contributed by atoms with van der Waals surface area (Å²) in [7, 11) is 0. The highest BCUT2D eigenvalue weighted by Gasteiger charge is 2.38. The van der Waals surface area contributed by atoms with Gasteiger partial charge in [-0.05, 0) is 25.7 Å². The topological polar surface area (TPSA) is 69.6 Å². The van der Waals surface area contributed by atoms with Gasteiger partial charge in [-0.15, -0.1) is 0 Å². The highest BCUT2D eigenvalue weighted by atomic mass is 16.3. The molecule has 1 atom stereocenters. The molecule has 1 heterocycles. The van der Waals surface area contributed by atoms with Gasteiger partial charge in [0.25, 0.3) is 0 Å². The van der Waals surface area contributed by atoms with E-state index < -0.39 is 0 Å². The number of amides is 2. The molecule has 2 fully saturated rings. The van der Waals surface area contributed by atoms with Crippen LogP contribution in [0.4, 0.5) is 0 Å². The number of hydrogen-bond acceptors (Lipinski definition) is 3. The van der Waals surface area contributed by atoms with Crippen molar-refractivity contribution < 1.29 is 14.7 Å². The number of carbonyl (C=O) groups excluding carboxylic acids is 2. The molecule has 1 saturated carbocycles. The maximum atomic E-state index is 12.0. The minimum absolute atomic E-state index is 0.00760. The second-order valence-electron chi connectivity index (χ2n) is 5.61. The molecule has 108 valence electrons. The Kier molecular flexibility index (Phi) is 5.19. The number of nitrogens with zero attached hydrogens (tertiary/aromatic N) is 1. The standard InChI is InChI=1S/C14H24N2O3/c17-8-4-3-7-15-14(19)11-9-13(18)16(10-11)12-5-1-2-6-12/h11-12,17H,1-10H2,(H,15,19). The summed E-state index contributed by atoms with van der Waals surface area (Å²) in [5, 5.41) is 11.5. The summed E-state index contributed by atoms with van der Waals surface area (Å²) in [6.07, 6.45) is 6.45. The molecule has 2 N–H and O–H groups in total. The molecule has 1 saturated heterocycles. The molecule has 19 heavy (non-hydrogen) atoms. The van der Waals surface area contributed by atoms with Gasteiger partial charge in [0.15, 0.2) is 0 Å². The van der Waals surface area contributed by atoms with E-state index >= 15 is 0 Å². The minimum atomic E-state index is -0.178. The normalized spacial score (nSPS) is 24.2. The molecule has 0 aromatic rings. The lowest BCUT2D eigenvalue weighted by molar-refractivity contribution is -0.130.